The van der Waals surface area contributed by atoms with Crippen LogP contribution in [0.15, 0.2) is 10.9 Å². The zero-order chi connectivity index (χ0) is 13.4. The van der Waals surface area contributed by atoms with Crippen LogP contribution in [0.25, 0.3) is 10.9 Å². The molecular formula is C13H16N2O3. The van der Waals surface area contributed by atoms with Gasteiger partial charge in [-0.15, -0.1) is 0 Å². The van der Waals surface area contributed by atoms with Gasteiger partial charge in [0.15, 0.2) is 0 Å². The van der Waals surface area contributed by atoms with Crippen LogP contribution in [-0.4, -0.2) is 22.1 Å². The number of esters is 1. The number of H-pyrrole nitrogens is 1. The van der Waals surface area contributed by atoms with Crippen LogP contribution in [-0.2, 0) is 11.8 Å². The Bertz CT molecular complexity index is 680. The fraction of sp³-hybridized carbons (Fsp3) is 0.385. The number of fused-ring (bicyclic) bond motifs is 1. The lowest BCUT2D eigenvalue weighted by Crippen LogP contribution is -2.15. The van der Waals surface area contributed by atoms with Crippen molar-refractivity contribution in [2.75, 3.05) is 6.61 Å². The first-order valence-electron chi connectivity index (χ1n) is 5.83. The number of ether oxygens (including phenoxy) is 1. The van der Waals surface area contributed by atoms with Gasteiger partial charge in [0.2, 0.25) is 0 Å². The van der Waals surface area contributed by atoms with E-state index in [0.717, 1.165) is 16.6 Å². The predicted molar refractivity (Wildman–Crippen MR) is 69.0 cm³/mol. The van der Waals surface area contributed by atoms with Gasteiger partial charge >= 0.3 is 5.97 Å². The zero-order valence-corrected chi connectivity index (χ0v) is 11.0. The van der Waals surface area contributed by atoms with E-state index in [9.17, 15) is 9.59 Å². The highest BCUT2D eigenvalue weighted by molar-refractivity contribution is 5.96. The quantitative estimate of drug-likeness (QED) is 0.822. The molecule has 0 aliphatic heterocycles. The molecule has 2 aromatic heterocycles. The van der Waals surface area contributed by atoms with Gasteiger partial charge in [0.05, 0.1) is 6.61 Å². The monoisotopic (exact) mass is 248 g/mol. The van der Waals surface area contributed by atoms with E-state index in [-0.39, 0.29) is 5.56 Å². The maximum atomic E-state index is 11.9. The molecule has 5 nitrogen and oxygen atoms in total. The van der Waals surface area contributed by atoms with Crippen molar-refractivity contribution in [2.45, 2.75) is 20.8 Å². The average molecular weight is 248 g/mol. The summed E-state index contributed by atoms with van der Waals surface area (Å²) in [6.07, 6.45) is 0. The normalized spacial score (nSPS) is 10.9. The van der Waals surface area contributed by atoms with Crippen LogP contribution in [0.1, 0.15) is 28.7 Å². The highest BCUT2D eigenvalue weighted by atomic mass is 16.5. The van der Waals surface area contributed by atoms with E-state index < -0.39 is 5.97 Å². The third-order valence-electron chi connectivity index (χ3n) is 3.20. The number of carbonyl (C=O) groups excluding carboxylic acids is 1. The number of nitrogens with one attached hydrogen (secondary N) is 1. The smallest absolute Gasteiger partial charge is 0.354 e. The van der Waals surface area contributed by atoms with Crippen LogP contribution in [0.4, 0.5) is 0 Å². The van der Waals surface area contributed by atoms with Crippen molar-refractivity contribution in [3.8, 4) is 0 Å². The van der Waals surface area contributed by atoms with Gasteiger partial charge in [-0.1, -0.05) is 0 Å². The Morgan fingerprint density at radius 3 is 2.72 bits per heavy atom. The molecule has 0 unspecified atom stereocenters. The molecule has 0 bridgehead atoms. The summed E-state index contributed by atoms with van der Waals surface area (Å²) < 4.78 is 6.56. The van der Waals surface area contributed by atoms with E-state index in [0.29, 0.717) is 17.8 Å². The Labute approximate surface area is 104 Å². The standard InChI is InChI=1S/C13H16N2O3/c1-5-18-13(17)10-6-9-7(2)8(3)14-12(16)11(9)15(10)4/h6H,5H2,1-4H3,(H,14,16). The summed E-state index contributed by atoms with van der Waals surface area (Å²) in [5.41, 5.74) is 2.49. The van der Waals surface area contributed by atoms with Crippen molar-refractivity contribution in [2.24, 2.45) is 7.05 Å². The minimum Gasteiger partial charge on any atom is -0.461 e. The predicted octanol–water partition coefficient (Wildman–Crippen LogP) is 1.66. The topological polar surface area (TPSA) is 64.1 Å². The fourth-order valence-corrected chi connectivity index (χ4v) is 2.09. The molecule has 0 atom stereocenters. The van der Waals surface area contributed by atoms with Crippen molar-refractivity contribution in [1.29, 1.82) is 0 Å². The van der Waals surface area contributed by atoms with E-state index in [1.54, 1.807) is 24.6 Å². The van der Waals surface area contributed by atoms with Crippen LogP contribution in [0.3, 0.4) is 0 Å². The molecule has 0 spiro atoms. The first-order valence-corrected chi connectivity index (χ1v) is 5.83. The summed E-state index contributed by atoms with van der Waals surface area (Å²) in [7, 11) is 1.69. The van der Waals surface area contributed by atoms with E-state index in [1.807, 2.05) is 13.8 Å². The molecule has 0 aromatic carbocycles. The first-order chi connectivity index (χ1) is 8.47. The van der Waals surface area contributed by atoms with Crippen molar-refractivity contribution in [3.63, 3.8) is 0 Å². The molecule has 0 fully saturated rings. The van der Waals surface area contributed by atoms with Gasteiger partial charge in [0, 0.05) is 18.1 Å². The van der Waals surface area contributed by atoms with Crippen LogP contribution in [0, 0.1) is 13.8 Å². The number of aryl methyl sites for hydroxylation is 3. The molecule has 0 saturated carbocycles. The minimum atomic E-state index is -0.410. The molecule has 5 heteroatoms. The van der Waals surface area contributed by atoms with E-state index in [4.69, 9.17) is 4.74 Å². The summed E-state index contributed by atoms with van der Waals surface area (Å²) in [5.74, 6) is -0.410. The van der Waals surface area contributed by atoms with E-state index >= 15 is 0 Å². The number of hydrogen-bond acceptors (Lipinski definition) is 3. The second-order valence-electron chi connectivity index (χ2n) is 4.28. The van der Waals surface area contributed by atoms with Crippen LogP contribution in [0.5, 0.6) is 0 Å². The lowest BCUT2D eigenvalue weighted by atomic mass is 10.1. The summed E-state index contributed by atoms with van der Waals surface area (Å²) >= 11 is 0. The molecule has 0 aliphatic carbocycles. The first kappa shape index (κ1) is 12.4. The van der Waals surface area contributed by atoms with Gasteiger partial charge in [0.1, 0.15) is 11.2 Å². The largest absolute Gasteiger partial charge is 0.461 e. The maximum absolute atomic E-state index is 11.9. The molecule has 2 aromatic rings. The van der Waals surface area contributed by atoms with Gasteiger partial charge in [-0.25, -0.2) is 4.79 Å². The van der Waals surface area contributed by atoms with E-state index in [1.165, 1.54) is 0 Å². The van der Waals surface area contributed by atoms with Crippen LogP contribution < -0.4 is 5.56 Å². The SMILES string of the molecule is CCOC(=O)c1cc2c(C)c(C)[nH]c(=O)c2n1C. The number of rotatable bonds is 2. The molecule has 96 valence electrons. The lowest BCUT2D eigenvalue weighted by Gasteiger charge is -2.04. The highest BCUT2D eigenvalue weighted by Gasteiger charge is 2.18. The second kappa shape index (κ2) is 4.33. The van der Waals surface area contributed by atoms with Gasteiger partial charge in [0.25, 0.3) is 5.56 Å². The van der Waals surface area contributed by atoms with Gasteiger partial charge in [-0.2, -0.15) is 0 Å². The number of hydrogen-bond donors (Lipinski definition) is 1. The van der Waals surface area contributed by atoms with E-state index in [2.05, 4.69) is 4.98 Å². The third-order valence-corrected chi connectivity index (χ3v) is 3.20. The lowest BCUT2D eigenvalue weighted by molar-refractivity contribution is 0.0516. The summed E-state index contributed by atoms with van der Waals surface area (Å²) in [6.45, 7) is 5.83. The maximum Gasteiger partial charge on any atom is 0.354 e. The molecule has 2 heterocycles. The molecule has 0 radical (unpaired) electrons. The van der Waals surface area contributed by atoms with Crippen molar-refractivity contribution in [1.82, 2.24) is 9.55 Å². The summed E-state index contributed by atoms with van der Waals surface area (Å²) in [6, 6.07) is 1.71. The molecule has 18 heavy (non-hydrogen) atoms. The molecule has 1 N–H and O–H groups in total. The van der Waals surface area contributed by atoms with Crippen LogP contribution >= 0.6 is 0 Å². The van der Waals surface area contributed by atoms with Crippen molar-refractivity contribution in [3.05, 3.63) is 33.4 Å². The number of nitrogens with zero attached hydrogens (tertiary/aromatic N) is 1. The van der Waals surface area contributed by atoms with Crippen LogP contribution in [0.2, 0.25) is 0 Å². The molecule has 0 aliphatic rings. The Hall–Kier alpha value is -2.04. The van der Waals surface area contributed by atoms with Gasteiger partial charge in [-0.3, -0.25) is 4.79 Å². The zero-order valence-electron chi connectivity index (χ0n) is 11.0. The number of aromatic amines is 1. The number of carbonyl (C=O) groups is 1. The number of aromatic nitrogens is 2. The van der Waals surface area contributed by atoms with Gasteiger partial charge in [-0.05, 0) is 32.4 Å². The highest BCUT2D eigenvalue weighted by Crippen LogP contribution is 2.21. The molecule has 0 amide bonds. The van der Waals surface area contributed by atoms with Gasteiger partial charge < -0.3 is 14.3 Å². The Kier molecular flexibility index (Phi) is 2.98. The van der Waals surface area contributed by atoms with Crippen molar-refractivity contribution < 1.29 is 9.53 Å². The van der Waals surface area contributed by atoms with Crippen molar-refractivity contribution >= 4 is 16.9 Å². The Morgan fingerprint density at radius 1 is 1.44 bits per heavy atom. The summed E-state index contributed by atoms with van der Waals surface area (Å²) in [5, 5.41) is 0.793. The third kappa shape index (κ3) is 1.72. The number of pyridine rings is 1. The minimum absolute atomic E-state index is 0.189. The average Bonchev–Trinajstić information content (AvgIpc) is 2.65. The fourth-order valence-electron chi connectivity index (χ4n) is 2.09. The molecule has 2 rings (SSSR count). The Balaban J connectivity index is 2.78. The summed E-state index contributed by atoms with van der Waals surface area (Å²) in [4.78, 5) is 26.5. The Morgan fingerprint density at radius 2 is 2.11 bits per heavy atom. The second-order valence-corrected chi connectivity index (χ2v) is 4.28. The molecule has 0 saturated heterocycles. The molecular weight excluding hydrogens is 232 g/mol.